The molecule has 0 aromatic carbocycles. The van der Waals surface area contributed by atoms with Crippen molar-refractivity contribution in [2.45, 2.75) is 32.7 Å². The van der Waals surface area contributed by atoms with Gasteiger partial charge in [0.05, 0.1) is 11.8 Å². The number of oxazole rings is 1. The third-order valence-electron chi connectivity index (χ3n) is 4.46. The van der Waals surface area contributed by atoms with Crippen LogP contribution in [0, 0.1) is 12.8 Å². The van der Waals surface area contributed by atoms with Crippen LogP contribution in [0.15, 0.2) is 16.8 Å². The lowest BCUT2D eigenvalue weighted by Crippen LogP contribution is -2.49. The van der Waals surface area contributed by atoms with Crippen LogP contribution in [0.2, 0.25) is 0 Å². The van der Waals surface area contributed by atoms with E-state index in [2.05, 4.69) is 17.0 Å². The molecular formula is C16H23N5O2. The minimum atomic E-state index is -0.0938. The molecule has 23 heavy (non-hydrogen) atoms. The Kier molecular flexibility index (Phi) is 4.21. The molecule has 0 saturated carbocycles. The highest BCUT2D eigenvalue weighted by molar-refractivity contribution is 5.94. The molecule has 7 nitrogen and oxygen atoms in total. The fourth-order valence-electron chi connectivity index (χ4n) is 3.13. The molecule has 0 radical (unpaired) electrons. The van der Waals surface area contributed by atoms with Crippen LogP contribution in [0.3, 0.4) is 0 Å². The zero-order valence-electron chi connectivity index (χ0n) is 13.8. The van der Waals surface area contributed by atoms with E-state index < -0.39 is 0 Å². The van der Waals surface area contributed by atoms with Gasteiger partial charge >= 0.3 is 0 Å². The fourth-order valence-corrected chi connectivity index (χ4v) is 3.13. The van der Waals surface area contributed by atoms with Crippen molar-refractivity contribution in [3.8, 4) is 11.5 Å². The summed E-state index contributed by atoms with van der Waals surface area (Å²) in [7, 11) is 1.83. The fraction of sp³-hybridized carbons (Fsp3) is 0.562. The Morgan fingerprint density at radius 1 is 1.52 bits per heavy atom. The standard InChI is InChI=1S/C16H23N5O2/c1-10-4-5-21(13(6-10)7-17)16(22)14-11(2)23-15(19-14)12-8-18-20(3)9-12/h8-10,13H,4-7,17H2,1-3H3. The number of likely N-dealkylation sites (tertiary alicyclic amines) is 1. The highest BCUT2D eigenvalue weighted by Gasteiger charge is 2.32. The number of rotatable bonds is 3. The number of hydrogen-bond acceptors (Lipinski definition) is 5. The summed E-state index contributed by atoms with van der Waals surface area (Å²) in [5.41, 5.74) is 6.99. The smallest absolute Gasteiger partial charge is 0.276 e. The number of aryl methyl sites for hydroxylation is 2. The zero-order chi connectivity index (χ0) is 16.6. The SMILES string of the molecule is Cc1oc(-c2cnn(C)c2)nc1C(=O)N1CCC(C)CC1CN. The third kappa shape index (κ3) is 3.01. The molecule has 1 fully saturated rings. The van der Waals surface area contributed by atoms with E-state index in [1.807, 2.05) is 18.1 Å². The van der Waals surface area contributed by atoms with Gasteiger partial charge in [-0.05, 0) is 25.7 Å². The molecule has 3 rings (SSSR count). The van der Waals surface area contributed by atoms with E-state index in [1.54, 1.807) is 17.8 Å². The summed E-state index contributed by atoms with van der Waals surface area (Å²) < 4.78 is 7.35. The lowest BCUT2D eigenvalue weighted by molar-refractivity contribution is 0.0566. The molecule has 2 atom stereocenters. The summed E-state index contributed by atoms with van der Waals surface area (Å²) >= 11 is 0. The largest absolute Gasteiger partial charge is 0.440 e. The first kappa shape index (κ1) is 15.7. The first-order chi connectivity index (χ1) is 11.0. The number of hydrogen-bond donors (Lipinski definition) is 1. The summed E-state index contributed by atoms with van der Waals surface area (Å²) in [5.74, 6) is 1.46. The zero-order valence-corrected chi connectivity index (χ0v) is 13.8. The molecule has 1 aliphatic rings. The first-order valence-electron chi connectivity index (χ1n) is 7.97. The predicted octanol–water partition coefficient (Wildman–Crippen LogP) is 1.58. The van der Waals surface area contributed by atoms with Gasteiger partial charge in [0.1, 0.15) is 5.76 Å². The number of nitrogens with zero attached hydrogens (tertiary/aromatic N) is 4. The molecule has 0 bridgehead atoms. The van der Waals surface area contributed by atoms with E-state index in [0.29, 0.717) is 29.8 Å². The maximum Gasteiger partial charge on any atom is 0.276 e. The molecule has 124 valence electrons. The van der Waals surface area contributed by atoms with Crippen LogP contribution in [0.1, 0.15) is 36.0 Å². The maximum atomic E-state index is 12.9. The van der Waals surface area contributed by atoms with Gasteiger partial charge in [-0.1, -0.05) is 6.92 Å². The average Bonchev–Trinajstić information content (AvgIpc) is 3.12. The second kappa shape index (κ2) is 6.16. The molecule has 1 saturated heterocycles. The highest BCUT2D eigenvalue weighted by Crippen LogP contribution is 2.26. The number of amides is 1. The van der Waals surface area contributed by atoms with E-state index in [0.717, 1.165) is 24.9 Å². The lowest BCUT2D eigenvalue weighted by Gasteiger charge is -2.37. The Hall–Kier alpha value is -2.15. The summed E-state index contributed by atoms with van der Waals surface area (Å²) in [6.45, 7) is 5.16. The van der Waals surface area contributed by atoms with Crippen molar-refractivity contribution in [3.05, 3.63) is 23.8 Å². The normalized spacial score (nSPS) is 21.7. The van der Waals surface area contributed by atoms with Gasteiger partial charge in [-0.2, -0.15) is 5.10 Å². The van der Waals surface area contributed by atoms with E-state index in [1.165, 1.54) is 0 Å². The van der Waals surface area contributed by atoms with Gasteiger partial charge < -0.3 is 15.1 Å². The summed E-state index contributed by atoms with van der Waals surface area (Å²) in [6.07, 6.45) is 5.42. The van der Waals surface area contributed by atoms with Crippen molar-refractivity contribution in [2.24, 2.45) is 18.7 Å². The van der Waals surface area contributed by atoms with E-state index in [4.69, 9.17) is 10.2 Å². The van der Waals surface area contributed by atoms with Crippen molar-refractivity contribution >= 4 is 5.91 Å². The van der Waals surface area contributed by atoms with Crippen LogP contribution in [0.5, 0.6) is 0 Å². The van der Waals surface area contributed by atoms with Crippen molar-refractivity contribution in [1.29, 1.82) is 0 Å². The van der Waals surface area contributed by atoms with Crippen molar-refractivity contribution in [1.82, 2.24) is 19.7 Å². The molecule has 2 aromatic rings. The number of nitrogens with two attached hydrogens (primary N) is 1. The van der Waals surface area contributed by atoms with Gasteiger partial charge in [-0.3, -0.25) is 9.48 Å². The minimum absolute atomic E-state index is 0.0733. The molecule has 2 aromatic heterocycles. The quantitative estimate of drug-likeness (QED) is 0.928. The molecule has 0 aliphatic carbocycles. The van der Waals surface area contributed by atoms with Gasteiger partial charge in [0.15, 0.2) is 5.69 Å². The Bertz CT molecular complexity index is 705. The van der Waals surface area contributed by atoms with E-state index in [9.17, 15) is 4.79 Å². The molecule has 3 heterocycles. The predicted molar refractivity (Wildman–Crippen MR) is 85.7 cm³/mol. The second-order valence-corrected chi connectivity index (χ2v) is 6.34. The topological polar surface area (TPSA) is 90.2 Å². The Morgan fingerprint density at radius 2 is 2.30 bits per heavy atom. The van der Waals surface area contributed by atoms with Gasteiger partial charge in [-0.15, -0.1) is 0 Å². The van der Waals surface area contributed by atoms with E-state index >= 15 is 0 Å². The number of aromatic nitrogens is 3. The van der Waals surface area contributed by atoms with Gasteiger partial charge in [0, 0.05) is 32.4 Å². The van der Waals surface area contributed by atoms with Crippen LogP contribution in [-0.2, 0) is 7.05 Å². The van der Waals surface area contributed by atoms with Crippen LogP contribution >= 0.6 is 0 Å². The highest BCUT2D eigenvalue weighted by atomic mass is 16.4. The summed E-state index contributed by atoms with van der Waals surface area (Å²) in [4.78, 5) is 19.1. The van der Waals surface area contributed by atoms with Crippen molar-refractivity contribution in [2.75, 3.05) is 13.1 Å². The lowest BCUT2D eigenvalue weighted by atomic mass is 9.92. The van der Waals surface area contributed by atoms with Crippen LogP contribution in [0.4, 0.5) is 0 Å². The Labute approximate surface area is 135 Å². The number of carbonyl (C=O) groups is 1. The summed E-state index contributed by atoms with van der Waals surface area (Å²) in [5, 5.41) is 4.11. The van der Waals surface area contributed by atoms with Crippen molar-refractivity contribution in [3.63, 3.8) is 0 Å². The minimum Gasteiger partial charge on any atom is -0.440 e. The molecule has 0 spiro atoms. The molecule has 2 unspecified atom stereocenters. The van der Waals surface area contributed by atoms with Crippen molar-refractivity contribution < 1.29 is 9.21 Å². The molecule has 7 heteroatoms. The van der Waals surface area contributed by atoms with Gasteiger partial charge in [-0.25, -0.2) is 4.98 Å². The summed E-state index contributed by atoms with van der Waals surface area (Å²) in [6, 6.07) is 0.0733. The molecular weight excluding hydrogens is 294 g/mol. The van der Waals surface area contributed by atoms with Gasteiger partial charge in [0.25, 0.3) is 5.91 Å². The monoisotopic (exact) mass is 317 g/mol. The van der Waals surface area contributed by atoms with Crippen LogP contribution < -0.4 is 5.73 Å². The molecule has 1 aliphatic heterocycles. The van der Waals surface area contributed by atoms with Crippen LogP contribution in [0.25, 0.3) is 11.5 Å². The molecule has 2 N–H and O–H groups in total. The van der Waals surface area contributed by atoms with Gasteiger partial charge in [0.2, 0.25) is 5.89 Å². The maximum absolute atomic E-state index is 12.9. The Balaban J connectivity index is 1.86. The Morgan fingerprint density at radius 3 is 2.96 bits per heavy atom. The number of piperidine rings is 1. The van der Waals surface area contributed by atoms with Crippen LogP contribution in [-0.4, -0.2) is 44.7 Å². The van der Waals surface area contributed by atoms with E-state index in [-0.39, 0.29) is 11.9 Å². The number of carbonyl (C=O) groups excluding carboxylic acids is 1. The second-order valence-electron chi connectivity index (χ2n) is 6.34. The molecule has 1 amide bonds. The third-order valence-corrected chi connectivity index (χ3v) is 4.46. The average molecular weight is 317 g/mol. The first-order valence-corrected chi connectivity index (χ1v) is 7.97.